The Morgan fingerprint density at radius 3 is 2.00 bits per heavy atom. The van der Waals surface area contributed by atoms with E-state index >= 15 is 0 Å². The van der Waals surface area contributed by atoms with Gasteiger partial charge in [0.1, 0.15) is 5.92 Å². The topological polar surface area (TPSA) is 71.7 Å². The van der Waals surface area contributed by atoms with Crippen molar-refractivity contribution in [1.29, 1.82) is 5.26 Å². The van der Waals surface area contributed by atoms with Crippen LogP contribution in [0.1, 0.15) is 43.6 Å². The Morgan fingerprint density at radius 2 is 1.59 bits per heavy atom. The quantitative estimate of drug-likeness (QED) is 0.905. The van der Waals surface area contributed by atoms with Gasteiger partial charge < -0.3 is 19.3 Å². The molecule has 0 amide bonds. The normalized spacial score (nSPS) is 18.1. The molecule has 1 atom stereocenters. The van der Waals surface area contributed by atoms with Crippen molar-refractivity contribution in [3.8, 4) is 23.3 Å². The van der Waals surface area contributed by atoms with Crippen LogP contribution in [0.5, 0.6) is 17.2 Å². The highest BCUT2D eigenvalue weighted by Gasteiger charge is 2.39. The van der Waals surface area contributed by atoms with E-state index in [1.54, 1.807) is 12.1 Å². The van der Waals surface area contributed by atoms with Crippen LogP contribution in [0.2, 0.25) is 0 Å². The lowest BCUT2D eigenvalue weighted by molar-refractivity contribution is -0.00721. The summed E-state index contributed by atoms with van der Waals surface area (Å²) >= 11 is 0. The minimum atomic E-state index is -0.988. The zero-order chi connectivity index (χ0) is 16.2. The molecule has 1 aliphatic carbocycles. The van der Waals surface area contributed by atoms with Gasteiger partial charge in [-0.15, -0.1) is 0 Å². The van der Waals surface area contributed by atoms with Crippen LogP contribution >= 0.6 is 0 Å². The standard InChI is InChI=1S/C17H23NO4/c1-20-14-9-12(10-15(21-2)16(14)22-3)13(11-18)17(19)7-5-4-6-8-17/h9-10,13,19H,4-8H2,1-3H3. The summed E-state index contributed by atoms with van der Waals surface area (Å²) in [4.78, 5) is 0. The second-order valence-corrected chi connectivity index (χ2v) is 5.69. The predicted octanol–water partition coefficient (Wildman–Crippen LogP) is 3.01. The fourth-order valence-corrected chi connectivity index (χ4v) is 3.23. The minimum absolute atomic E-state index is 0.487. The number of methoxy groups -OCH3 is 3. The van der Waals surface area contributed by atoms with Gasteiger partial charge in [0.05, 0.1) is 33.0 Å². The summed E-state index contributed by atoms with van der Waals surface area (Å²) in [6, 6.07) is 5.77. The van der Waals surface area contributed by atoms with Gasteiger partial charge >= 0.3 is 0 Å². The molecule has 1 aromatic carbocycles. The Kier molecular flexibility index (Phi) is 5.15. The molecule has 0 bridgehead atoms. The smallest absolute Gasteiger partial charge is 0.203 e. The summed E-state index contributed by atoms with van der Waals surface area (Å²) in [6.45, 7) is 0. The van der Waals surface area contributed by atoms with Crippen molar-refractivity contribution in [3.63, 3.8) is 0 Å². The lowest BCUT2D eigenvalue weighted by Crippen LogP contribution is -2.37. The van der Waals surface area contributed by atoms with Crippen LogP contribution < -0.4 is 14.2 Å². The highest BCUT2D eigenvalue weighted by Crippen LogP contribution is 2.45. The van der Waals surface area contributed by atoms with Gasteiger partial charge in [-0.25, -0.2) is 0 Å². The van der Waals surface area contributed by atoms with E-state index in [1.165, 1.54) is 21.3 Å². The summed E-state index contributed by atoms with van der Waals surface area (Å²) in [7, 11) is 4.62. The van der Waals surface area contributed by atoms with Crippen LogP contribution in [-0.2, 0) is 0 Å². The van der Waals surface area contributed by atoms with E-state index in [-0.39, 0.29) is 0 Å². The Labute approximate surface area is 131 Å². The van der Waals surface area contributed by atoms with Crippen molar-refractivity contribution in [2.24, 2.45) is 0 Å². The summed E-state index contributed by atoms with van der Waals surface area (Å²) < 4.78 is 16.0. The van der Waals surface area contributed by atoms with Crippen molar-refractivity contribution >= 4 is 0 Å². The largest absolute Gasteiger partial charge is 0.493 e. The molecule has 0 radical (unpaired) electrons. The van der Waals surface area contributed by atoms with Crippen molar-refractivity contribution in [2.75, 3.05) is 21.3 Å². The average molecular weight is 305 g/mol. The van der Waals surface area contributed by atoms with Crippen LogP contribution in [0.15, 0.2) is 12.1 Å². The first-order valence-electron chi connectivity index (χ1n) is 7.51. The molecule has 0 spiro atoms. The van der Waals surface area contributed by atoms with Crippen molar-refractivity contribution in [1.82, 2.24) is 0 Å². The maximum atomic E-state index is 10.9. The van der Waals surface area contributed by atoms with Gasteiger partial charge in [-0.1, -0.05) is 19.3 Å². The molecule has 0 saturated heterocycles. The van der Waals surface area contributed by atoms with Crippen LogP contribution in [0.3, 0.4) is 0 Å². The molecule has 5 heteroatoms. The Balaban J connectivity index is 2.47. The van der Waals surface area contributed by atoms with E-state index in [9.17, 15) is 10.4 Å². The van der Waals surface area contributed by atoms with E-state index in [1.807, 2.05) is 0 Å². The fraction of sp³-hybridized carbons (Fsp3) is 0.588. The second-order valence-electron chi connectivity index (χ2n) is 5.69. The molecule has 1 saturated carbocycles. The monoisotopic (exact) mass is 305 g/mol. The third kappa shape index (κ3) is 2.97. The van der Waals surface area contributed by atoms with Gasteiger partial charge in [0.15, 0.2) is 11.5 Å². The molecule has 120 valence electrons. The zero-order valence-corrected chi connectivity index (χ0v) is 13.4. The molecular formula is C17H23NO4. The number of aliphatic hydroxyl groups is 1. The first-order chi connectivity index (χ1) is 10.6. The highest BCUT2D eigenvalue weighted by molar-refractivity contribution is 5.55. The molecule has 5 nitrogen and oxygen atoms in total. The third-order valence-electron chi connectivity index (χ3n) is 4.41. The number of ether oxygens (including phenoxy) is 3. The van der Waals surface area contributed by atoms with E-state index in [0.717, 1.165) is 19.3 Å². The molecule has 0 heterocycles. The molecule has 1 aromatic rings. The summed E-state index contributed by atoms with van der Waals surface area (Å²) in [6.07, 6.45) is 4.28. The van der Waals surface area contributed by atoms with Gasteiger partial charge in [0, 0.05) is 0 Å². The van der Waals surface area contributed by atoms with Crippen molar-refractivity contribution in [3.05, 3.63) is 17.7 Å². The average Bonchev–Trinajstić information content (AvgIpc) is 2.54. The zero-order valence-electron chi connectivity index (χ0n) is 13.4. The molecular weight excluding hydrogens is 282 g/mol. The summed E-state index contributed by atoms with van der Waals surface area (Å²) in [5.74, 6) is 0.871. The molecule has 2 rings (SSSR count). The number of nitrogens with zero attached hydrogens (tertiary/aromatic N) is 1. The lowest BCUT2D eigenvalue weighted by atomic mass is 9.73. The first kappa shape index (κ1) is 16.4. The maximum Gasteiger partial charge on any atom is 0.203 e. The number of benzene rings is 1. The van der Waals surface area contributed by atoms with Crippen LogP contribution in [-0.4, -0.2) is 32.0 Å². The van der Waals surface area contributed by atoms with Gasteiger partial charge in [0.25, 0.3) is 0 Å². The first-order valence-corrected chi connectivity index (χ1v) is 7.51. The van der Waals surface area contributed by atoms with Crippen molar-refractivity contribution < 1.29 is 19.3 Å². The van der Waals surface area contributed by atoms with Crippen LogP contribution in [0.4, 0.5) is 0 Å². The summed E-state index contributed by atoms with van der Waals surface area (Å²) in [5.41, 5.74) is -0.293. The van der Waals surface area contributed by atoms with Crippen LogP contribution in [0, 0.1) is 11.3 Å². The molecule has 22 heavy (non-hydrogen) atoms. The summed E-state index contributed by atoms with van der Waals surface area (Å²) in [5, 5.41) is 20.5. The Hall–Kier alpha value is -1.93. The molecule has 1 fully saturated rings. The number of hydrogen-bond acceptors (Lipinski definition) is 5. The number of rotatable bonds is 5. The van der Waals surface area contributed by atoms with Crippen molar-refractivity contribution in [2.45, 2.75) is 43.6 Å². The highest BCUT2D eigenvalue weighted by atomic mass is 16.5. The second kappa shape index (κ2) is 6.89. The Morgan fingerprint density at radius 1 is 1.05 bits per heavy atom. The Bertz CT molecular complexity index is 533. The maximum absolute atomic E-state index is 10.9. The van der Waals surface area contributed by atoms with Gasteiger partial charge in [-0.3, -0.25) is 0 Å². The predicted molar refractivity (Wildman–Crippen MR) is 82.5 cm³/mol. The van der Waals surface area contributed by atoms with E-state index in [4.69, 9.17) is 14.2 Å². The molecule has 0 aromatic heterocycles. The third-order valence-corrected chi connectivity index (χ3v) is 4.41. The lowest BCUT2D eigenvalue weighted by Gasteiger charge is -2.36. The fourth-order valence-electron chi connectivity index (χ4n) is 3.23. The SMILES string of the molecule is COc1cc(C(C#N)C2(O)CCCCC2)cc(OC)c1OC. The molecule has 1 N–H and O–H groups in total. The molecule has 1 aliphatic rings. The minimum Gasteiger partial charge on any atom is -0.493 e. The molecule has 0 aliphatic heterocycles. The van der Waals surface area contributed by atoms with E-state index in [0.29, 0.717) is 35.7 Å². The molecule has 1 unspecified atom stereocenters. The van der Waals surface area contributed by atoms with Crippen LogP contribution in [0.25, 0.3) is 0 Å². The number of nitriles is 1. The van der Waals surface area contributed by atoms with Gasteiger partial charge in [0.2, 0.25) is 5.75 Å². The van der Waals surface area contributed by atoms with E-state index < -0.39 is 11.5 Å². The van der Waals surface area contributed by atoms with Gasteiger partial charge in [-0.05, 0) is 30.5 Å². The number of hydrogen-bond donors (Lipinski definition) is 1. The van der Waals surface area contributed by atoms with E-state index in [2.05, 4.69) is 6.07 Å². The van der Waals surface area contributed by atoms with Gasteiger partial charge in [-0.2, -0.15) is 5.26 Å².